The fraction of sp³-hybridized carbons (Fsp3) is 0.364. The highest BCUT2D eigenvalue weighted by atomic mass is 16.3. The Morgan fingerprint density at radius 2 is 2.00 bits per heavy atom. The zero-order valence-corrected chi connectivity index (χ0v) is 8.44. The Labute approximate surface area is 83.7 Å². The average Bonchev–Trinajstić information content (AvgIpc) is 2.17. The van der Waals surface area contributed by atoms with E-state index in [-0.39, 0.29) is 12.4 Å². The Morgan fingerprint density at radius 3 is 2.57 bits per heavy atom. The molecule has 0 aliphatic heterocycles. The maximum absolute atomic E-state index is 9.43. The minimum Gasteiger partial charge on any atom is -0.507 e. The van der Waals surface area contributed by atoms with E-state index in [2.05, 4.69) is 4.99 Å². The molecule has 0 amide bonds. The third-order valence-corrected chi connectivity index (χ3v) is 1.88. The number of aliphatic imine (C=N–C) groups is 1. The van der Waals surface area contributed by atoms with Gasteiger partial charge in [0.1, 0.15) is 5.75 Å². The van der Waals surface area contributed by atoms with E-state index in [1.54, 1.807) is 24.4 Å². The van der Waals surface area contributed by atoms with Crippen molar-refractivity contribution in [3.63, 3.8) is 0 Å². The van der Waals surface area contributed by atoms with Crippen LogP contribution in [0.15, 0.2) is 29.3 Å². The molecule has 0 aliphatic rings. The van der Waals surface area contributed by atoms with Gasteiger partial charge in [-0.1, -0.05) is 12.1 Å². The van der Waals surface area contributed by atoms with Gasteiger partial charge in [0.2, 0.25) is 0 Å². The van der Waals surface area contributed by atoms with Crippen molar-refractivity contribution in [2.45, 2.75) is 19.4 Å². The van der Waals surface area contributed by atoms with Crippen LogP contribution in [0.1, 0.15) is 19.4 Å². The summed E-state index contributed by atoms with van der Waals surface area (Å²) in [5.41, 5.74) is 0.163. The molecule has 0 unspecified atom stereocenters. The average molecular weight is 193 g/mol. The molecule has 1 rings (SSSR count). The fourth-order valence-electron chi connectivity index (χ4n) is 0.882. The Bertz CT molecular complexity index is 332. The van der Waals surface area contributed by atoms with E-state index in [1.165, 1.54) is 0 Å². The van der Waals surface area contributed by atoms with Gasteiger partial charge in [-0.05, 0) is 26.0 Å². The molecule has 0 saturated heterocycles. The van der Waals surface area contributed by atoms with Crippen molar-refractivity contribution in [3.05, 3.63) is 29.8 Å². The van der Waals surface area contributed by atoms with Gasteiger partial charge in [0, 0.05) is 11.8 Å². The molecule has 0 spiro atoms. The lowest BCUT2D eigenvalue weighted by molar-refractivity contribution is 0.223. The maximum atomic E-state index is 9.43. The molecule has 1 aromatic carbocycles. The molecule has 0 saturated carbocycles. The molecule has 0 aliphatic carbocycles. The summed E-state index contributed by atoms with van der Waals surface area (Å²) in [6.45, 7) is 3.63. The largest absolute Gasteiger partial charge is 0.507 e. The molecular formula is C11H15NO2. The SMILES string of the molecule is CC(C)(CO)/N=C/c1ccccc1O. The quantitative estimate of drug-likeness (QED) is 0.716. The minimum absolute atomic E-state index is 0.0168. The highest BCUT2D eigenvalue weighted by Crippen LogP contribution is 2.14. The van der Waals surface area contributed by atoms with Crippen LogP contribution in [-0.2, 0) is 0 Å². The fourth-order valence-corrected chi connectivity index (χ4v) is 0.882. The minimum atomic E-state index is -0.498. The Hall–Kier alpha value is -1.35. The van der Waals surface area contributed by atoms with Gasteiger partial charge in [0.15, 0.2) is 0 Å². The number of aliphatic hydroxyl groups excluding tert-OH is 1. The van der Waals surface area contributed by atoms with Crippen molar-refractivity contribution < 1.29 is 10.2 Å². The number of rotatable bonds is 3. The van der Waals surface area contributed by atoms with Crippen LogP contribution < -0.4 is 0 Å². The first kappa shape index (κ1) is 10.7. The third-order valence-electron chi connectivity index (χ3n) is 1.88. The van der Waals surface area contributed by atoms with Crippen LogP contribution in [-0.4, -0.2) is 28.6 Å². The van der Waals surface area contributed by atoms with Gasteiger partial charge in [0.25, 0.3) is 0 Å². The number of hydrogen-bond donors (Lipinski definition) is 2. The second-order valence-electron chi connectivity index (χ2n) is 3.79. The number of phenols is 1. The summed E-state index contributed by atoms with van der Waals surface area (Å²) in [5.74, 6) is 0.199. The van der Waals surface area contributed by atoms with Gasteiger partial charge in [-0.15, -0.1) is 0 Å². The monoisotopic (exact) mass is 193 g/mol. The van der Waals surface area contributed by atoms with Crippen LogP contribution >= 0.6 is 0 Å². The van der Waals surface area contributed by atoms with Gasteiger partial charge in [-0.3, -0.25) is 4.99 Å². The van der Waals surface area contributed by atoms with E-state index in [0.29, 0.717) is 5.56 Å². The molecule has 0 aromatic heterocycles. The number of phenolic OH excluding ortho intramolecular Hbond substituents is 1. The smallest absolute Gasteiger partial charge is 0.124 e. The lowest BCUT2D eigenvalue weighted by Crippen LogP contribution is -2.21. The normalized spacial score (nSPS) is 12.2. The molecule has 3 nitrogen and oxygen atoms in total. The van der Waals surface area contributed by atoms with Crippen molar-refractivity contribution in [1.29, 1.82) is 0 Å². The summed E-state index contributed by atoms with van der Waals surface area (Å²) in [4.78, 5) is 4.17. The van der Waals surface area contributed by atoms with E-state index in [1.807, 2.05) is 19.9 Å². The lowest BCUT2D eigenvalue weighted by Gasteiger charge is -2.15. The Balaban J connectivity index is 2.84. The number of nitrogens with zero attached hydrogens (tertiary/aromatic N) is 1. The summed E-state index contributed by atoms with van der Waals surface area (Å²) >= 11 is 0. The molecule has 14 heavy (non-hydrogen) atoms. The zero-order valence-electron chi connectivity index (χ0n) is 8.44. The van der Waals surface area contributed by atoms with Gasteiger partial charge in [-0.2, -0.15) is 0 Å². The number of benzene rings is 1. The molecule has 3 heteroatoms. The van der Waals surface area contributed by atoms with E-state index in [4.69, 9.17) is 5.11 Å². The first-order valence-corrected chi connectivity index (χ1v) is 4.49. The topological polar surface area (TPSA) is 52.8 Å². The summed E-state index contributed by atoms with van der Waals surface area (Å²) in [7, 11) is 0. The molecule has 0 fully saturated rings. The van der Waals surface area contributed by atoms with E-state index in [9.17, 15) is 5.11 Å². The molecule has 0 radical (unpaired) electrons. The van der Waals surface area contributed by atoms with Crippen LogP contribution in [0.25, 0.3) is 0 Å². The van der Waals surface area contributed by atoms with E-state index >= 15 is 0 Å². The molecule has 0 heterocycles. The molecule has 0 atom stereocenters. The number of aliphatic hydroxyl groups is 1. The van der Waals surface area contributed by atoms with Gasteiger partial charge < -0.3 is 10.2 Å². The second kappa shape index (κ2) is 4.24. The standard InChI is InChI=1S/C11H15NO2/c1-11(2,8-13)12-7-9-5-3-4-6-10(9)14/h3-7,13-14H,8H2,1-2H3/b12-7+. The summed E-state index contributed by atoms with van der Waals surface area (Å²) in [5, 5.41) is 18.4. The summed E-state index contributed by atoms with van der Waals surface area (Å²) < 4.78 is 0. The molecule has 76 valence electrons. The molecule has 2 N–H and O–H groups in total. The van der Waals surface area contributed by atoms with Crippen molar-refractivity contribution >= 4 is 6.21 Å². The Morgan fingerprint density at radius 1 is 1.36 bits per heavy atom. The highest BCUT2D eigenvalue weighted by molar-refractivity contribution is 5.83. The predicted molar refractivity (Wildman–Crippen MR) is 56.9 cm³/mol. The highest BCUT2D eigenvalue weighted by Gasteiger charge is 2.12. The molecule has 0 bridgehead atoms. The van der Waals surface area contributed by atoms with E-state index < -0.39 is 5.54 Å². The Kier molecular flexibility index (Phi) is 3.25. The maximum Gasteiger partial charge on any atom is 0.124 e. The van der Waals surface area contributed by atoms with Crippen LogP contribution in [0.2, 0.25) is 0 Å². The second-order valence-corrected chi connectivity index (χ2v) is 3.79. The van der Waals surface area contributed by atoms with Crippen LogP contribution in [0.5, 0.6) is 5.75 Å². The molecular weight excluding hydrogens is 178 g/mol. The van der Waals surface area contributed by atoms with Gasteiger partial charge in [0.05, 0.1) is 12.1 Å². The van der Waals surface area contributed by atoms with Crippen molar-refractivity contribution in [3.8, 4) is 5.75 Å². The first-order valence-electron chi connectivity index (χ1n) is 4.49. The van der Waals surface area contributed by atoms with Crippen molar-refractivity contribution in [2.24, 2.45) is 4.99 Å². The van der Waals surface area contributed by atoms with Crippen LogP contribution in [0.3, 0.4) is 0 Å². The third kappa shape index (κ3) is 2.85. The number of aromatic hydroxyl groups is 1. The summed E-state index contributed by atoms with van der Waals surface area (Å²) in [6, 6.07) is 6.95. The molecule has 1 aromatic rings. The van der Waals surface area contributed by atoms with Crippen molar-refractivity contribution in [1.82, 2.24) is 0 Å². The van der Waals surface area contributed by atoms with Gasteiger partial charge >= 0.3 is 0 Å². The first-order chi connectivity index (χ1) is 6.55. The van der Waals surface area contributed by atoms with Crippen LogP contribution in [0, 0.1) is 0 Å². The van der Waals surface area contributed by atoms with Gasteiger partial charge in [-0.25, -0.2) is 0 Å². The van der Waals surface area contributed by atoms with E-state index in [0.717, 1.165) is 0 Å². The van der Waals surface area contributed by atoms with Crippen LogP contribution in [0.4, 0.5) is 0 Å². The summed E-state index contributed by atoms with van der Waals surface area (Å²) in [6.07, 6.45) is 1.57. The lowest BCUT2D eigenvalue weighted by atomic mass is 10.1. The number of hydrogen-bond acceptors (Lipinski definition) is 3. The van der Waals surface area contributed by atoms with Crippen molar-refractivity contribution in [2.75, 3.05) is 6.61 Å². The number of para-hydroxylation sites is 1. The zero-order chi connectivity index (χ0) is 10.6. The predicted octanol–water partition coefficient (Wildman–Crippen LogP) is 1.58.